The number of anilines is 1. The van der Waals surface area contributed by atoms with Gasteiger partial charge in [-0.3, -0.25) is 14.4 Å². The molecule has 190 valence electrons. The number of ketones is 3. The molecule has 0 radical (unpaired) electrons. The Kier molecular flexibility index (Phi) is 5.23. The van der Waals surface area contributed by atoms with Crippen molar-refractivity contribution >= 4 is 40.7 Å². The minimum atomic E-state index is -1.63. The van der Waals surface area contributed by atoms with Gasteiger partial charge in [0, 0.05) is 33.3 Å². The van der Waals surface area contributed by atoms with Crippen LogP contribution in [0.2, 0.25) is 5.02 Å². The van der Waals surface area contributed by atoms with Gasteiger partial charge >= 0.3 is 0 Å². The molecular weight excluding hydrogens is 513 g/mol. The largest absolute Gasteiger partial charge is 0.352 e. The highest BCUT2D eigenvalue weighted by Gasteiger charge is 2.71. The van der Waals surface area contributed by atoms with Gasteiger partial charge in [0.2, 0.25) is 0 Å². The molecule has 7 rings (SSSR count). The molecule has 1 spiro atoms. The molecule has 2 heterocycles. The summed E-state index contributed by atoms with van der Waals surface area (Å²) >= 11 is 6.79. The summed E-state index contributed by atoms with van der Waals surface area (Å²) in [6, 6.07) is 25.2. The maximum Gasteiger partial charge on any atom is 0.185 e. The number of halogens is 2. The van der Waals surface area contributed by atoms with Crippen molar-refractivity contribution in [1.82, 2.24) is 0 Å². The van der Waals surface area contributed by atoms with Gasteiger partial charge in [0.1, 0.15) is 17.3 Å². The standard InChI is InChI=1S/C33H21ClFNO3/c34-25-11-5-4-10-24(25)28-29(30(37)20-13-16-21(35)17-14-20)36-26-12-6-1-7-19(26)15-18-27(36)33(28)31(38)22-8-2-3-9-23(22)32(33)39/h1-18,27-29H. The molecule has 1 fully saturated rings. The third kappa shape index (κ3) is 3.14. The van der Waals surface area contributed by atoms with Crippen LogP contribution in [-0.4, -0.2) is 29.4 Å². The topological polar surface area (TPSA) is 54.5 Å². The fourth-order valence-corrected chi connectivity index (χ4v) is 7.03. The molecule has 6 heteroatoms. The second-order valence-corrected chi connectivity index (χ2v) is 10.6. The van der Waals surface area contributed by atoms with Crippen molar-refractivity contribution in [1.29, 1.82) is 0 Å². The Hall–Kier alpha value is -4.35. The first-order valence-corrected chi connectivity index (χ1v) is 13.1. The Morgan fingerprint density at radius 2 is 1.41 bits per heavy atom. The smallest absolute Gasteiger partial charge is 0.185 e. The minimum Gasteiger partial charge on any atom is -0.352 e. The maximum absolute atomic E-state index is 14.6. The van der Waals surface area contributed by atoms with Crippen molar-refractivity contribution in [2.24, 2.45) is 5.41 Å². The quantitative estimate of drug-likeness (QED) is 0.215. The van der Waals surface area contributed by atoms with Crippen LogP contribution in [0.5, 0.6) is 0 Å². The van der Waals surface area contributed by atoms with Gasteiger partial charge in [0.25, 0.3) is 0 Å². The van der Waals surface area contributed by atoms with Gasteiger partial charge in [0.15, 0.2) is 17.3 Å². The highest BCUT2D eigenvalue weighted by atomic mass is 35.5. The van der Waals surface area contributed by atoms with Gasteiger partial charge in [-0.1, -0.05) is 84.4 Å². The molecule has 2 aliphatic heterocycles. The van der Waals surface area contributed by atoms with Crippen molar-refractivity contribution in [3.05, 3.63) is 142 Å². The Balaban J connectivity index is 1.56. The summed E-state index contributed by atoms with van der Waals surface area (Å²) in [7, 11) is 0. The average Bonchev–Trinajstić information content (AvgIpc) is 3.39. The van der Waals surface area contributed by atoms with Gasteiger partial charge in [-0.25, -0.2) is 4.39 Å². The first-order chi connectivity index (χ1) is 18.9. The molecule has 4 aromatic carbocycles. The SMILES string of the molecule is O=C(c1ccc(F)cc1)C1C(c2ccccc2Cl)C2(C(=O)c3ccccc3C2=O)C2C=Cc3ccccc3N12. The van der Waals surface area contributed by atoms with E-state index in [1.165, 1.54) is 24.3 Å². The normalized spacial score (nSPS) is 22.1. The van der Waals surface area contributed by atoms with Gasteiger partial charge in [-0.2, -0.15) is 0 Å². The Morgan fingerprint density at radius 3 is 2.10 bits per heavy atom. The van der Waals surface area contributed by atoms with Gasteiger partial charge in [-0.05, 0) is 47.5 Å². The van der Waals surface area contributed by atoms with Crippen LogP contribution in [0, 0.1) is 11.2 Å². The zero-order valence-electron chi connectivity index (χ0n) is 20.6. The molecule has 0 aromatic heterocycles. The van der Waals surface area contributed by atoms with E-state index in [2.05, 4.69) is 0 Å². The van der Waals surface area contributed by atoms with Crippen molar-refractivity contribution in [3.63, 3.8) is 0 Å². The fraction of sp³-hybridized carbons (Fsp3) is 0.121. The summed E-state index contributed by atoms with van der Waals surface area (Å²) in [5.74, 6) is -2.32. The molecule has 4 nitrogen and oxygen atoms in total. The highest BCUT2D eigenvalue weighted by molar-refractivity contribution is 6.34. The lowest BCUT2D eigenvalue weighted by Crippen LogP contribution is -2.48. The van der Waals surface area contributed by atoms with Crippen LogP contribution in [0.3, 0.4) is 0 Å². The molecule has 3 aliphatic rings. The summed E-state index contributed by atoms with van der Waals surface area (Å²) < 4.78 is 13.8. The van der Waals surface area contributed by atoms with Crippen molar-refractivity contribution in [3.8, 4) is 0 Å². The monoisotopic (exact) mass is 533 g/mol. The van der Waals surface area contributed by atoms with E-state index in [0.29, 0.717) is 21.7 Å². The molecule has 3 unspecified atom stereocenters. The number of carbonyl (C=O) groups is 3. The second-order valence-electron chi connectivity index (χ2n) is 10.2. The van der Waals surface area contributed by atoms with E-state index in [1.54, 1.807) is 48.5 Å². The Bertz CT molecular complexity index is 1690. The predicted molar refractivity (Wildman–Crippen MR) is 148 cm³/mol. The Labute approximate surface area is 229 Å². The third-order valence-electron chi connectivity index (χ3n) is 8.35. The zero-order valence-corrected chi connectivity index (χ0v) is 21.3. The minimum absolute atomic E-state index is 0.289. The number of Topliss-reactive ketones (excluding diaryl/α,β-unsaturated/α-hetero) is 3. The lowest BCUT2D eigenvalue weighted by atomic mass is 9.64. The molecule has 0 bridgehead atoms. The predicted octanol–water partition coefficient (Wildman–Crippen LogP) is 6.80. The number of hydrogen-bond donors (Lipinski definition) is 0. The summed E-state index contributed by atoms with van der Waals surface area (Å²) in [4.78, 5) is 45.5. The van der Waals surface area contributed by atoms with Crippen molar-refractivity contribution < 1.29 is 18.8 Å². The summed E-state index contributed by atoms with van der Waals surface area (Å²) in [5.41, 5.74) is 1.53. The number of nitrogens with zero attached hydrogens (tertiary/aromatic N) is 1. The second kappa shape index (κ2) is 8.58. The highest BCUT2D eigenvalue weighted by Crippen LogP contribution is 2.61. The number of rotatable bonds is 3. The van der Waals surface area contributed by atoms with Crippen LogP contribution in [0.25, 0.3) is 6.08 Å². The van der Waals surface area contributed by atoms with E-state index in [0.717, 1.165) is 11.3 Å². The van der Waals surface area contributed by atoms with Gasteiger partial charge in [0.05, 0.1) is 6.04 Å². The molecule has 3 atom stereocenters. The molecule has 1 saturated heterocycles. The number of benzene rings is 4. The summed E-state index contributed by atoms with van der Waals surface area (Å²) in [6.45, 7) is 0. The molecule has 0 amide bonds. The molecule has 0 saturated carbocycles. The summed E-state index contributed by atoms with van der Waals surface area (Å²) in [6.07, 6.45) is 3.78. The van der Waals surface area contributed by atoms with E-state index in [4.69, 9.17) is 11.6 Å². The molecule has 1 aliphatic carbocycles. The van der Waals surface area contributed by atoms with Crippen LogP contribution < -0.4 is 4.90 Å². The first-order valence-electron chi connectivity index (χ1n) is 12.7. The van der Waals surface area contributed by atoms with E-state index < -0.39 is 29.2 Å². The van der Waals surface area contributed by atoms with Crippen LogP contribution in [0.4, 0.5) is 10.1 Å². The number of fused-ring (bicyclic) bond motifs is 5. The van der Waals surface area contributed by atoms with Gasteiger partial charge < -0.3 is 4.90 Å². The molecule has 39 heavy (non-hydrogen) atoms. The zero-order chi connectivity index (χ0) is 26.9. The molecule has 4 aromatic rings. The lowest BCUT2D eigenvalue weighted by Gasteiger charge is -2.37. The van der Waals surface area contributed by atoms with Crippen LogP contribution >= 0.6 is 11.6 Å². The lowest BCUT2D eigenvalue weighted by molar-refractivity contribution is 0.0666. The third-order valence-corrected chi connectivity index (χ3v) is 8.69. The summed E-state index contributed by atoms with van der Waals surface area (Å²) in [5, 5.41) is 0.368. The van der Waals surface area contributed by atoms with E-state index in [1.807, 2.05) is 41.3 Å². The van der Waals surface area contributed by atoms with E-state index in [-0.39, 0.29) is 22.9 Å². The molecule has 0 N–H and O–H groups in total. The Morgan fingerprint density at radius 1 is 0.795 bits per heavy atom. The average molecular weight is 534 g/mol. The van der Waals surface area contributed by atoms with E-state index >= 15 is 0 Å². The number of carbonyl (C=O) groups excluding carboxylic acids is 3. The first kappa shape index (κ1) is 23.7. The van der Waals surface area contributed by atoms with Crippen molar-refractivity contribution in [2.75, 3.05) is 4.90 Å². The van der Waals surface area contributed by atoms with Crippen molar-refractivity contribution in [2.45, 2.75) is 18.0 Å². The van der Waals surface area contributed by atoms with E-state index in [9.17, 15) is 18.8 Å². The van der Waals surface area contributed by atoms with Crippen LogP contribution in [0.1, 0.15) is 48.1 Å². The molecular formula is C33H21ClFNO3. The number of hydrogen-bond acceptors (Lipinski definition) is 4. The maximum atomic E-state index is 14.6. The van der Waals surface area contributed by atoms with Gasteiger partial charge in [-0.15, -0.1) is 0 Å². The fourth-order valence-electron chi connectivity index (χ4n) is 6.77. The van der Waals surface area contributed by atoms with Crippen LogP contribution in [-0.2, 0) is 0 Å². The van der Waals surface area contributed by atoms with Crippen LogP contribution in [0.15, 0.2) is 103 Å². The number of para-hydroxylation sites is 1.